The Morgan fingerprint density at radius 1 is 0.511 bits per heavy atom. The van der Waals surface area contributed by atoms with Gasteiger partial charge in [0.15, 0.2) is 0 Å². The maximum absolute atomic E-state index is 15.2. The van der Waals surface area contributed by atoms with Crippen molar-refractivity contribution in [3.8, 4) is 0 Å². The number of nitrogens with zero attached hydrogens (tertiary/aromatic N) is 7. The van der Waals surface area contributed by atoms with Crippen LogP contribution in [0.4, 0.5) is 0 Å². The minimum absolute atomic E-state index is 0.00299. The number of aliphatic hydroxyl groups excluding tert-OH is 1. The van der Waals surface area contributed by atoms with Crippen LogP contribution in [0.5, 0.6) is 0 Å². The third-order valence-electron chi connectivity index (χ3n) is 18.3. The van der Waals surface area contributed by atoms with Crippen molar-refractivity contribution in [2.45, 2.75) is 242 Å². The lowest BCUT2D eigenvalue weighted by Gasteiger charge is -2.41. The SMILES string of the molecule is C/C=C/C[C@@H](C)[C@@H](O)[C@H]1C(=O)N[C@@H](CC)C(=O)N(C)[C@H](C)C(=O)N[C@@H]([C@H](C)CCN2CCOC[C@@H]2C)C(=O)N[C@@H](C(C)C)C(=O)N(C)[C@@H](CC(C)C)C(=O)N[C@@H](C)C(=O)N[C@H](C)C(=O)N(C)[C@@H](CC(C)C)C(=O)N(C)[C@@H](CC(C)C)C(=O)N(C)[C@@H](C(C)C)C(=O)N1C. The van der Waals surface area contributed by atoms with Crippen LogP contribution in [0.1, 0.15) is 163 Å². The molecular formula is C67H120N12O13. The number of ether oxygens (including phenoxy) is 1. The van der Waals surface area contributed by atoms with E-state index in [0.717, 1.165) is 9.80 Å². The van der Waals surface area contributed by atoms with Crippen LogP contribution in [-0.4, -0.2) is 252 Å². The molecule has 2 saturated heterocycles. The van der Waals surface area contributed by atoms with Gasteiger partial charge in [-0.2, -0.15) is 0 Å². The second kappa shape index (κ2) is 37.6. The fourth-order valence-corrected chi connectivity index (χ4v) is 11.9. The van der Waals surface area contributed by atoms with Gasteiger partial charge in [-0.15, -0.1) is 0 Å². The maximum atomic E-state index is 15.2. The molecule has 6 N–H and O–H groups in total. The highest BCUT2D eigenvalue weighted by molar-refractivity contribution is 6.00. The first-order valence-corrected chi connectivity index (χ1v) is 33.4. The molecule has 92 heavy (non-hydrogen) atoms. The van der Waals surface area contributed by atoms with Gasteiger partial charge in [0.05, 0.1) is 19.3 Å². The van der Waals surface area contributed by atoms with Crippen molar-refractivity contribution in [1.82, 2.24) is 60.9 Å². The zero-order chi connectivity index (χ0) is 70.7. The molecule has 15 atom stereocenters. The second-order valence-corrected chi connectivity index (χ2v) is 28.1. The maximum Gasteiger partial charge on any atom is 0.246 e. The number of likely N-dealkylation sites (N-methyl/N-ethyl adjacent to an activating group) is 6. The summed E-state index contributed by atoms with van der Waals surface area (Å²) in [4.78, 5) is 172. The number of carbonyl (C=O) groups is 11. The molecule has 25 heteroatoms. The highest BCUT2D eigenvalue weighted by Crippen LogP contribution is 2.26. The number of hydrogen-bond donors (Lipinski definition) is 6. The number of morpholine rings is 1. The van der Waals surface area contributed by atoms with E-state index in [1.54, 1.807) is 61.5 Å². The van der Waals surface area contributed by atoms with E-state index in [2.05, 4.69) is 31.5 Å². The van der Waals surface area contributed by atoms with Crippen molar-refractivity contribution >= 4 is 65.0 Å². The first-order chi connectivity index (χ1) is 42.7. The molecule has 0 saturated carbocycles. The van der Waals surface area contributed by atoms with Crippen molar-refractivity contribution < 1.29 is 62.6 Å². The normalized spacial score (nSPS) is 28.8. The number of hydrogen-bond acceptors (Lipinski definition) is 14. The first kappa shape index (κ1) is 81.9. The number of carbonyl (C=O) groups excluding carboxylic acids is 11. The third kappa shape index (κ3) is 22.5. The van der Waals surface area contributed by atoms with E-state index in [-0.39, 0.29) is 49.5 Å². The summed E-state index contributed by atoms with van der Waals surface area (Å²) < 4.78 is 5.66. The van der Waals surface area contributed by atoms with Gasteiger partial charge < -0.3 is 65.8 Å². The molecule has 0 aliphatic carbocycles. The van der Waals surface area contributed by atoms with Crippen LogP contribution < -0.4 is 26.6 Å². The van der Waals surface area contributed by atoms with E-state index >= 15 is 14.4 Å². The van der Waals surface area contributed by atoms with Gasteiger partial charge in [-0.05, 0) is 121 Å². The summed E-state index contributed by atoms with van der Waals surface area (Å²) in [6.45, 7) is 33.7. The number of aliphatic hydroxyl groups is 1. The van der Waals surface area contributed by atoms with Crippen molar-refractivity contribution in [3.63, 3.8) is 0 Å². The van der Waals surface area contributed by atoms with Gasteiger partial charge in [0.1, 0.15) is 66.5 Å². The first-order valence-electron chi connectivity index (χ1n) is 33.4. The molecule has 0 aromatic rings. The van der Waals surface area contributed by atoms with Gasteiger partial charge in [-0.25, -0.2) is 0 Å². The molecule has 2 aliphatic rings. The molecule has 2 aliphatic heterocycles. The van der Waals surface area contributed by atoms with Gasteiger partial charge >= 0.3 is 0 Å². The van der Waals surface area contributed by atoms with Crippen molar-refractivity contribution in [2.75, 3.05) is 68.6 Å². The lowest BCUT2D eigenvalue weighted by atomic mass is 9.91. The van der Waals surface area contributed by atoms with Gasteiger partial charge in [0, 0.05) is 54.9 Å². The molecule has 0 radical (unpaired) electrons. The van der Waals surface area contributed by atoms with Crippen LogP contribution in [0.25, 0.3) is 0 Å². The zero-order valence-corrected chi connectivity index (χ0v) is 60.2. The molecule has 526 valence electrons. The van der Waals surface area contributed by atoms with Crippen LogP contribution in [0, 0.1) is 41.4 Å². The molecular weight excluding hydrogens is 1180 g/mol. The fraction of sp³-hybridized carbons (Fsp3) is 0.806. The topological polar surface area (TPSA) is 300 Å². The van der Waals surface area contributed by atoms with E-state index < -0.39 is 161 Å². The Morgan fingerprint density at radius 2 is 1.00 bits per heavy atom. The number of nitrogens with one attached hydrogen (secondary N) is 5. The van der Waals surface area contributed by atoms with Gasteiger partial charge in [-0.3, -0.25) is 57.6 Å². The smallest absolute Gasteiger partial charge is 0.246 e. The lowest BCUT2D eigenvalue weighted by Crippen LogP contribution is -2.64. The number of amides is 11. The molecule has 11 amide bonds. The zero-order valence-electron chi connectivity index (χ0n) is 60.2. The van der Waals surface area contributed by atoms with Crippen LogP contribution in [0.2, 0.25) is 0 Å². The monoisotopic (exact) mass is 1300 g/mol. The molecule has 0 bridgehead atoms. The van der Waals surface area contributed by atoms with Gasteiger partial charge in [0.2, 0.25) is 65.0 Å². The Morgan fingerprint density at radius 3 is 1.50 bits per heavy atom. The summed E-state index contributed by atoms with van der Waals surface area (Å²) in [5.41, 5.74) is 0. The Balaban J connectivity index is 3.01. The minimum atomic E-state index is -1.63. The highest BCUT2D eigenvalue weighted by atomic mass is 16.5. The Hall–Kier alpha value is -6.21. The quantitative estimate of drug-likeness (QED) is 0.114. The average Bonchev–Trinajstić information content (AvgIpc) is 0.812. The average molecular weight is 1300 g/mol. The van der Waals surface area contributed by atoms with Crippen LogP contribution in [0.3, 0.4) is 0 Å². The van der Waals surface area contributed by atoms with Crippen molar-refractivity contribution in [2.24, 2.45) is 41.4 Å². The molecule has 0 aromatic carbocycles. The summed E-state index contributed by atoms with van der Waals surface area (Å²) in [7, 11) is 8.52. The molecule has 2 rings (SSSR count). The Bertz CT molecular complexity index is 2530. The molecule has 25 nitrogen and oxygen atoms in total. The lowest BCUT2D eigenvalue weighted by molar-refractivity contribution is -0.157. The molecule has 0 aromatic heterocycles. The molecule has 0 unspecified atom stereocenters. The van der Waals surface area contributed by atoms with Crippen LogP contribution in [-0.2, 0) is 57.5 Å². The third-order valence-corrected chi connectivity index (χ3v) is 18.3. The summed E-state index contributed by atoms with van der Waals surface area (Å²) >= 11 is 0. The van der Waals surface area contributed by atoms with E-state index in [9.17, 15) is 43.5 Å². The van der Waals surface area contributed by atoms with Crippen LogP contribution >= 0.6 is 0 Å². The van der Waals surface area contributed by atoms with Crippen molar-refractivity contribution in [1.29, 1.82) is 0 Å². The number of allylic oxidation sites excluding steroid dienone is 2. The van der Waals surface area contributed by atoms with Gasteiger partial charge in [-0.1, -0.05) is 102 Å². The van der Waals surface area contributed by atoms with E-state index in [0.29, 0.717) is 39.1 Å². The van der Waals surface area contributed by atoms with E-state index in [4.69, 9.17) is 4.74 Å². The Labute approximate surface area is 550 Å². The van der Waals surface area contributed by atoms with Crippen LogP contribution in [0.15, 0.2) is 12.2 Å². The summed E-state index contributed by atoms with van der Waals surface area (Å²) in [5, 5.41) is 26.2. The fourth-order valence-electron chi connectivity index (χ4n) is 11.9. The van der Waals surface area contributed by atoms with Gasteiger partial charge in [0.25, 0.3) is 0 Å². The highest BCUT2D eigenvalue weighted by Gasteiger charge is 2.46. The predicted octanol–water partition coefficient (Wildman–Crippen LogP) is 3.02. The Kier molecular flexibility index (Phi) is 33.5. The predicted molar refractivity (Wildman–Crippen MR) is 355 cm³/mol. The standard InChI is InChI=1S/C67H120N12O13/c1-25-27-28-43(14)56(80)55-61(85)70-48(26-2)63(87)73(19)47(18)58(82)72-53(42(13)29-30-79-31-32-92-36-44(79)15)60(84)71-52(40(9)10)66(90)74(20)49(33-37(3)4)59(83)68-45(16)57(81)69-46(17)62(86)75(21)50(34-38(5)6)64(88)76(22)51(35-39(7)8)65(89)77(23)54(41(11)12)67(91)78(55)24/h25,27,37-56,80H,26,28-36H2,1-24H3,(H,68,83)(H,69,81)(H,70,85)(H,71,84)(H,72,82)/b27-25+/t42-,43-,44+,45+,46-,47-,48+,49+,50+,51+,52+,53+,54+,55+,56-/m1/s1. The molecule has 2 fully saturated rings. The largest absolute Gasteiger partial charge is 0.390 e. The van der Waals surface area contributed by atoms with E-state index in [1.807, 2.05) is 54.5 Å². The number of rotatable bonds is 17. The minimum Gasteiger partial charge on any atom is -0.390 e. The molecule has 0 spiro atoms. The molecule has 2 heterocycles. The van der Waals surface area contributed by atoms with E-state index in [1.165, 1.54) is 82.7 Å². The summed E-state index contributed by atoms with van der Waals surface area (Å²) in [5.74, 6) is -10.4. The van der Waals surface area contributed by atoms with Crippen molar-refractivity contribution in [3.05, 3.63) is 12.2 Å². The second-order valence-electron chi connectivity index (χ2n) is 28.1. The summed E-state index contributed by atoms with van der Waals surface area (Å²) in [6.07, 6.45) is 3.24. The summed E-state index contributed by atoms with van der Waals surface area (Å²) in [6, 6.07) is -13.8.